The highest BCUT2D eigenvalue weighted by atomic mass is 35.5. The third kappa shape index (κ3) is 2.45. The summed E-state index contributed by atoms with van der Waals surface area (Å²) in [5.74, 6) is 0.851. The fourth-order valence-electron chi connectivity index (χ4n) is 3.04. The first kappa shape index (κ1) is 14.9. The van der Waals surface area contributed by atoms with Crippen LogP contribution in [-0.4, -0.2) is 11.5 Å². The maximum atomic E-state index is 6.50. The van der Waals surface area contributed by atoms with Crippen molar-refractivity contribution in [2.75, 3.05) is 7.11 Å². The number of hydrogen-bond donors (Lipinski definition) is 0. The number of methoxy groups -OCH3 is 1. The molecule has 2 nitrogen and oxygen atoms in total. The van der Waals surface area contributed by atoms with Gasteiger partial charge >= 0.3 is 0 Å². The Morgan fingerprint density at radius 2 is 1.54 bits per heavy atom. The van der Waals surface area contributed by atoms with Crippen LogP contribution in [0.4, 0.5) is 0 Å². The molecule has 3 heteroatoms. The van der Waals surface area contributed by atoms with Crippen molar-refractivity contribution in [2.45, 2.75) is 0 Å². The van der Waals surface area contributed by atoms with Crippen LogP contribution in [0.3, 0.4) is 0 Å². The second kappa shape index (κ2) is 6.06. The van der Waals surface area contributed by atoms with Crippen LogP contribution in [0.15, 0.2) is 78.9 Å². The average molecular weight is 334 g/mol. The molecule has 4 aromatic rings. The summed E-state index contributed by atoms with van der Waals surface area (Å²) in [6.45, 7) is 0. The SMILES string of the molecule is COc1ccc(-c2cc(-c3ccccc3)n3c(Cl)cccc23)cc1. The molecule has 24 heavy (non-hydrogen) atoms. The Morgan fingerprint density at radius 3 is 2.25 bits per heavy atom. The fourth-order valence-corrected chi connectivity index (χ4v) is 3.29. The van der Waals surface area contributed by atoms with Gasteiger partial charge in [-0.15, -0.1) is 0 Å². The van der Waals surface area contributed by atoms with E-state index in [0.717, 1.165) is 33.7 Å². The van der Waals surface area contributed by atoms with Gasteiger partial charge in [-0.2, -0.15) is 0 Å². The number of fused-ring (bicyclic) bond motifs is 1. The van der Waals surface area contributed by atoms with Crippen molar-refractivity contribution >= 4 is 17.1 Å². The second-order valence-corrected chi connectivity index (χ2v) is 5.99. The molecule has 2 aromatic carbocycles. The van der Waals surface area contributed by atoms with Crippen molar-refractivity contribution in [2.24, 2.45) is 0 Å². The number of hydrogen-bond acceptors (Lipinski definition) is 1. The molecule has 2 aromatic heterocycles. The maximum Gasteiger partial charge on any atom is 0.118 e. The van der Waals surface area contributed by atoms with Gasteiger partial charge in [-0.05, 0) is 41.5 Å². The van der Waals surface area contributed by atoms with Crippen molar-refractivity contribution in [1.82, 2.24) is 4.40 Å². The van der Waals surface area contributed by atoms with Gasteiger partial charge in [0, 0.05) is 5.56 Å². The number of pyridine rings is 1. The molecule has 0 radical (unpaired) electrons. The Labute approximate surface area is 145 Å². The van der Waals surface area contributed by atoms with Gasteiger partial charge in [0.15, 0.2) is 0 Å². The molecule has 118 valence electrons. The average Bonchev–Trinajstić information content (AvgIpc) is 3.04. The zero-order valence-electron chi connectivity index (χ0n) is 13.2. The molecule has 0 atom stereocenters. The van der Waals surface area contributed by atoms with Crippen molar-refractivity contribution in [3.63, 3.8) is 0 Å². The van der Waals surface area contributed by atoms with E-state index in [0.29, 0.717) is 5.15 Å². The summed E-state index contributed by atoms with van der Waals surface area (Å²) >= 11 is 6.50. The molecular weight excluding hydrogens is 318 g/mol. The van der Waals surface area contributed by atoms with Gasteiger partial charge in [-0.1, -0.05) is 60.1 Å². The predicted molar refractivity (Wildman–Crippen MR) is 99.8 cm³/mol. The van der Waals surface area contributed by atoms with Crippen LogP contribution in [0.1, 0.15) is 0 Å². The lowest BCUT2D eigenvalue weighted by molar-refractivity contribution is 0.415. The molecule has 0 N–H and O–H groups in total. The number of nitrogens with zero attached hydrogens (tertiary/aromatic N) is 1. The van der Waals surface area contributed by atoms with Gasteiger partial charge < -0.3 is 4.74 Å². The lowest BCUT2D eigenvalue weighted by Crippen LogP contribution is -1.89. The first-order chi connectivity index (χ1) is 11.8. The van der Waals surface area contributed by atoms with Crippen LogP contribution >= 0.6 is 11.6 Å². The highest BCUT2D eigenvalue weighted by Crippen LogP contribution is 2.35. The molecule has 0 spiro atoms. The Morgan fingerprint density at radius 1 is 0.792 bits per heavy atom. The topological polar surface area (TPSA) is 13.6 Å². The number of ether oxygens (including phenoxy) is 1. The maximum absolute atomic E-state index is 6.50. The van der Waals surface area contributed by atoms with Gasteiger partial charge in [0.2, 0.25) is 0 Å². The van der Waals surface area contributed by atoms with Crippen LogP contribution < -0.4 is 4.74 Å². The number of halogens is 1. The van der Waals surface area contributed by atoms with Gasteiger partial charge in [0.1, 0.15) is 10.9 Å². The van der Waals surface area contributed by atoms with Crippen LogP contribution in [0, 0.1) is 0 Å². The van der Waals surface area contributed by atoms with E-state index in [1.807, 2.05) is 42.5 Å². The summed E-state index contributed by atoms with van der Waals surface area (Å²) in [6, 6.07) is 26.6. The zero-order chi connectivity index (χ0) is 16.5. The Bertz CT molecular complexity index is 988. The number of rotatable bonds is 3. The predicted octanol–water partition coefficient (Wildman–Crippen LogP) is 5.94. The minimum atomic E-state index is 0.700. The van der Waals surface area contributed by atoms with Crippen molar-refractivity contribution in [3.8, 4) is 28.1 Å². The summed E-state index contributed by atoms with van der Waals surface area (Å²) in [4.78, 5) is 0. The lowest BCUT2D eigenvalue weighted by Gasteiger charge is -2.06. The van der Waals surface area contributed by atoms with E-state index in [2.05, 4.69) is 40.8 Å². The van der Waals surface area contributed by atoms with E-state index in [1.54, 1.807) is 7.11 Å². The molecule has 0 aliphatic carbocycles. The van der Waals surface area contributed by atoms with Crippen molar-refractivity contribution in [3.05, 3.63) is 84.0 Å². The molecule has 0 aliphatic heterocycles. The van der Waals surface area contributed by atoms with Crippen molar-refractivity contribution in [1.29, 1.82) is 0 Å². The van der Waals surface area contributed by atoms with E-state index >= 15 is 0 Å². The summed E-state index contributed by atoms with van der Waals surface area (Å²) < 4.78 is 7.35. The summed E-state index contributed by atoms with van der Waals surface area (Å²) in [6.07, 6.45) is 0. The zero-order valence-corrected chi connectivity index (χ0v) is 14.0. The molecule has 0 bridgehead atoms. The Balaban J connectivity index is 1.98. The molecule has 4 rings (SSSR count). The molecule has 2 heterocycles. The molecule has 0 amide bonds. The van der Waals surface area contributed by atoms with Gasteiger partial charge in [0.25, 0.3) is 0 Å². The van der Waals surface area contributed by atoms with Gasteiger partial charge in [0.05, 0.1) is 18.3 Å². The fraction of sp³-hybridized carbons (Fsp3) is 0.0476. The van der Waals surface area contributed by atoms with Crippen LogP contribution in [0.5, 0.6) is 5.75 Å². The van der Waals surface area contributed by atoms with E-state index in [1.165, 1.54) is 0 Å². The second-order valence-electron chi connectivity index (χ2n) is 5.61. The van der Waals surface area contributed by atoms with Crippen molar-refractivity contribution < 1.29 is 4.74 Å². The molecular formula is C21H16ClNO. The molecule has 0 saturated carbocycles. The molecule has 0 aliphatic rings. The third-order valence-corrected chi connectivity index (χ3v) is 4.51. The van der Waals surface area contributed by atoms with Crippen LogP contribution in [0.2, 0.25) is 5.15 Å². The third-order valence-electron chi connectivity index (χ3n) is 4.21. The summed E-state index contributed by atoms with van der Waals surface area (Å²) in [5.41, 5.74) is 5.60. The minimum absolute atomic E-state index is 0.700. The lowest BCUT2D eigenvalue weighted by atomic mass is 10.1. The standard InChI is InChI=1S/C21H16ClNO/c1-24-17-12-10-15(11-13-17)18-14-20(16-6-3-2-4-7-16)23-19(18)8-5-9-21(23)22/h2-14H,1H3. The Kier molecular flexibility index (Phi) is 3.75. The minimum Gasteiger partial charge on any atom is -0.497 e. The smallest absolute Gasteiger partial charge is 0.118 e. The summed E-state index contributed by atoms with van der Waals surface area (Å²) in [7, 11) is 1.68. The number of benzene rings is 2. The van der Waals surface area contributed by atoms with Gasteiger partial charge in [-0.3, -0.25) is 4.40 Å². The Hall–Kier alpha value is -2.71. The largest absolute Gasteiger partial charge is 0.497 e. The van der Waals surface area contributed by atoms with E-state index < -0.39 is 0 Å². The first-order valence-corrected chi connectivity index (χ1v) is 8.15. The molecule has 0 fully saturated rings. The first-order valence-electron chi connectivity index (χ1n) is 7.78. The molecule has 0 saturated heterocycles. The summed E-state index contributed by atoms with van der Waals surface area (Å²) in [5, 5.41) is 0.700. The van der Waals surface area contributed by atoms with E-state index in [9.17, 15) is 0 Å². The molecule has 0 unspecified atom stereocenters. The van der Waals surface area contributed by atoms with Crippen LogP contribution in [0.25, 0.3) is 27.9 Å². The normalized spacial score (nSPS) is 10.9. The van der Waals surface area contributed by atoms with Crippen LogP contribution in [-0.2, 0) is 0 Å². The quantitative estimate of drug-likeness (QED) is 0.423. The highest BCUT2D eigenvalue weighted by molar-refractivity contribution is 6.30. The van der Waals surface area contributed by atoms with E-state index in [-0.39, 0.29) is 0 Å². The number of aromatic nitrogens is 1. The van der Waals surface area contributed by atoms with E-state index in [4.69, 9.17) is 16.3 Å². The highest BCUT2D eigenvalue weighted by Gasteiger charge is 2.14. The van der Waals surface area contributed by atoms with Gasteiger partial charge in [-0.25, -0.2) is 0 Å². The monoisotopic (exact) mass is 333 g/mol.